The van der Waals surface area contributed by atoms with E-state index in [4.69, 9.17) is 0 Å². The van der Waals surface area contributed by atoms with Gasteiger partial charge in [0.15, 0.2) is 0 Å². The van der Waals surface area contributed by atoms with Crippen LogP contribution in [0.5, 0.6) is 5.75 Å². The van der Waals surface area contributed by atoms with Crippen LogP contribution in [0.15, 0.2) is 78.9 Å². The van der Waals surface area contributed by atoms with E-state index in [1.54, 1.807) is 12.1 Å². The summed E-state index contributed by atoms with van der Waals surface area (Å²) in [5, 5.41) is 4.01. The minimum absolute atomic E-state index is 0.217. The number of halogens is 3. The Bertz CT molecular complexity index is 1310. The quantitative estimate of drug-likeness (QED) is 0.239. The number of benzene rings is 4. The number of alkyl halides is 3. The zero-order chi connectivity index (χ0) is 20.6. The first-order valence-electron chi connectivity index (χ1n) is 8.74. The van der Waals surface area contributed by atoms with Gasteiger partial charge in [-0.15, -0.1) is 0 Å². The smallest absolute Gasteiger partial charge is 0.376 e. The van der Waals surface area contributed by atoms with E-state index in [2.05, 4.69) is 4.18 Å². The van der Waals surface area contributed by atoms with E-state index >= 15 is 0 Å². The molecule has 0 aliphatic rings. The van der Waals surface area contributed by atoms with Gasteiger partial charge >= 0.3 is 15.6 Å². The Balaban J connectivity index is 1.82. The molecule has 29 heavy (non-hydrogen) atoms. The molecule has 0 bridgehead atoms. The second-order valence-electron chi connectivity index (χ2n) is 6.57. The lowest BCUT2D eigenvalue weighted by Gasteiger charge is -2.15. The number of rotatable bonds is 4. The molecule has 4 rings (SSSR count). The molecule has 148 valence electrons. The van der Waals surface area contributed by atoms with Gasteiger partial charge in [0.2, 0.25) is 0 Å². The van der Waals surface area contributed by atoms with Crippen molar-refractivity contribution >= 4 is 31.7 Å². The molecule has 0 radical (unpaired) electrons. The Morgan fingerprint density at radius 3 is 2.03 bits per heavy atom. The highest BCUT2D eigenvalue weighted by atomic mass is 32.2. The molecule has 4 aromatic rings. The second kappa shape index (κ2) is 7.08. The molecule has 0 aliphatic heterocycles. The zero-order valence-corrected chi connectivity index (χ0v) is 15.8. The molecule has 4 aromatic carbocycles. The highest BCUT2D eigenvalue weighted by molar-refractivity contribution is 7.88. The largest absolute Gasteiger partial charge is 0.534 e. The van der Waals surface area contributed by atoms with Crippen LogP contribution in [0.2, 0.25) is 0 Å². The summed E-state index contributed by atoms with van der Waals surface area (Å²) in [6, 6.07) is 23.4. The average molecular weight is 416 g/mol. The van der Waals surface area contributed by atoms with Crippen molar-refractivity contribution in [3.8, 4) is 5.75 Å². The lowest BCUT2D eigenvalue weighted by atomic mass is 9.93. The molecule has 3 nitrogen and oxygen atoms in total. The fraction of sp³-hybridized carbons (Fsp3) is 0.0909. The summed E-state index contributed by atoms with van der Waals surface area (Å²) in [6.07, 6.45) is 0.217. The Labute approximate surface area is 165 Å². The highest BCUT2D eigenvalue weighted by Gasteiger charge is 2.48. The van der Waals surface area contributed by atoms with Gasteiger partial charge in [-0.25, -0.2) is 0 Å². The summed E-state index contributed by atoms with van der Waals surface area (Å²) in [6.45, 7) is 0. The van der Waals surface area contributed by atoms with Gasteiger partial charge in [0.05, 0.1) is 0 Å². The monoisotopic (exact) mass is 416 g/mol. The standard InChI is InChI=1S/C22H15F3O3S/c23-22(24,25)29(26,27)28-21-12-6-2-8-16(21)14-17-13-15-7-1-3-9-18(15)20-11-5-4-10-19(17)20/h1-13H,14H2. The fourth-order valence-electron chi connectivity index (χ4n) is 3.38. The maximum atomic E-state index is 12.7. The van der Waals surface area contributed by atoms with Crippen molar-refractivity contribution < 1.29 is 25.8 Å². The molecule has 0 N–H and O–H groups in total. The topological polar surface area (TPSA) is 43.4 Å². The van der Waals surface area contributed by atoms with Crippen LogP contribution in [0.3, 0.4) is 0 Å². The maximum Gasteiger partial charge on any atom is 0.534 e. The van der Waals surface area contributed by atoms with E-state index in [0.29, 0.717) is 5.56 Å². The van der Waals surface area contributed by atoms with Crippen molar-refractivity contribution in [2.75, 3.05) is 0 Å². The van der Waals surface area contributed by atoms with Gasteiger partial charge < -0.3 is 4.18 Å². The van der Waals surface area contributed by atoms with Gasteiger partial charge in [0.1, 0.15) is 5.75 Å². The first kappa shape index (κ1) is 19.3. The van der Waals surface area contributed by atoms with Crippen LogP contribution in [-0.2, 0) is 16.5 Å². The van der Waals surface area contributed by atoms with E-state index in [-0.39, 0.29) is 12.2 Å². The first-order valence-corrected chi connectivity index (χ1v) is 10.1. The molecule has 7 heteroatoms. The molecule has 0 fully saturated rings. The second-order valence-corrected chi connectivity index (χ2v) is 8.11. The third-order valence-electron chi connectivity index (χ3n) is 4.69. The minimum atomic E-state index is -5.74. The molecule has 0 aromatic heterocycles. The van der Waals surface area contributed by atoms with Crippen LogP contribution in [0.1, 0.15) is 11.1 Å². The lowest BCUT2D eigenvalue weighted by Crippen LogP contribution is -2.28. The van der Waals surface area contributed by atoms with Gasteiger partial charge in [-0.2, -0.15) is 21.6 Å². The fourth-order valence-corrected chi connectivity index (χ4v) is 3.87. The highest BCUT2D eigenvalue weighted by Crippen LogP contribution is 2.33. The van der Waals surface area contributed by atoms with E-state index in [9.17, 15) is 21.6 Å². The summed E-state index contributed by atoms with van der Waals surface area (Å²) in [4.78, 5) is 0. The molecule has 0 amide bonds. The third-order valence-corrected chi connectivity index (χ3v) is 5.66. The molecule has 0 saturated heterocycles. The van der Waals surface area contributed by atoms with Crippen LogP contribution in [0.4, 0.5) is 13.2 Å². The SMILES string of the molecule is O=S(=O)(Oc1ccccc1Cc1cc2ccccc2c2ccccc12)C(F)(F)F. The van der Waals surface area contributed by atoms with Crippen molar-refractivity contribution in [3.63, 3.8) is 0 Å². The van der Waals surface area contributed by atoms with E-state index < -0.39 is 15.6 Å². The summed E-state index contributed by atoms with van der Waals surface area (Å²) >= 11 is 0. The summed E-state index contributed by atoms with van der Waals surface area (Å²) in [7, 11) is -5.74. The molecular formula is C22H15F3O3S. The Morgan fingerprint density at radius 1 is 0.724 bits per heavy atom. The van der Waals surface area contributed by atoms with Crippen molar-refractivity contribution in [1.82, 2.24) is 0 Å². The van der Waals surface area contributed by atoms with Gasteiger partial charge in [-0.05, 0) is 33.2 Å². The Hall–Kier alpha value is -3.06. The summed E-state index contributed by atoms with van der Waals surface area (Å²) < 4.78 is 65.6. The van der Waals surface area contributed by atoms with Crippen LogP contribution < -0.4 is 4.18 Å². The molecule has 0 saturated carbocycles. The van der Waals surface area contributed by atoms with E-state index in [0.717, 1.165) is 27.1 Å². The third kappa shape index (κ3) is 3.65. The average Bonchev–Trinajstić information content (AvgIpc) is 2.68. The number of hydrogen-bond acceptors (Lipinski definition) is 3. The summed E-state index contributed by atoms with van der Waals surface area (Å²) in [5.41, 5.74) is -4.28. The zero-order valence-electron chi connectivity index (χ0n) is 15.0. The molecule has 0 heterocycles. The Kier molecular flexibility index (Phi) is 4.70. The predicted molar refractivity (Wildman–Crippen MR) is 106 cm³/mol. The maximum absolute atomic E-state index is 12.7. The molecular weight excluding hydrogens is 401 g/mol. The van der Waals surface area contributed by atoms with Crippen molar-refractivity contribution in [2.45, 2.75) is 11.9 Å². The van der Waals surface area contributed by atoms with Crippen LogP contribution in [0.25, 0.3) is 21.5 Å². The van der Waals surface area contributed by atoms with Gasteiger partial charge in [-0.3, -0.25) is 0 Å². The van der Waals surface area contributed by atoms with Gasteiger partial charge in [0, 0.05) is 12.0 Å². The van der Waals surface area contributed by atoms with Gasteiger partial charge in [-0.1, -0.05) is 72.8 Å². The predicted octanol–water partition coefficient (Wildman–Crippen LogP) is 5.81. The normalized spacial score (nSPS) is 12.4. The lowest BCUT2D eigenvalue weighted by molar-refractivity contribution is -0.0500. The summed E-state index contributed by atoms with van der Waals surface area (Å²) in [5.74, 6) is -0.331. The van der Waals surface area contributed by atoms with Crippen LogP contribution >= 0.6 is 0 Å². The van der Waals surface area contributed by atoms with Crippen molar-refractivity contribution in [2.24, 2.45) is 0 Å². The molecule has 0 aliphatic carbocycles. The van der Waals surface area contributed by atoms with E-state index in [1.807, 2.05) is 54.6 Å². The number of para-hydroxylation sites is 1. The Morgan fingerprint density at radius 2 is 1.31 bits per heavy atom. The van der Waals surface area contributed by atoms with Crippen molar-refractivity contribution in [1.29, 1.82) is 0 Å². The number of fused-ring (bicyclic) bond motifs is 3. The van der Waals surface area contributed by atoms with Gasteiger partial charge in [0.25, 0.3) is 0 Å². The molecule has 0 spiro atoms. The molecule has 0 atom stereocenters. The minimum Gasteiger partial charge on any atom is -0.376 e. The molecule has 0 unspecified atom stereocenters. The van der Waals surface area contributed by atoms with Crippen LogP contribution in [0, 0.1) is 0 Å². The first-order chi connectivity index (χ1) is 13.8. The number of hydrogen-bond donors (Lipinski definition) is 0. The van der Waals surface area contributed by atoms with Crippen LogP contribution in [-0.4, -0.2) is 13.9 Å². The van der Waals surface area contributed by atoms with Crippen molar-refractivity contribution in [3.05, 3.63) is 90.0 Å². The van der Waals surface area contributed by atoms with E-state index in [1.165, 1.54) is 12.1 Å².